The summed E-state index contributed by atoms with van der Waals surface area (Å²) in [5.41, 5.74) is 1.13. The van der Waals surface area contributed by atoms with Gasteiger partial charge in [0.2, 0.25) is 0 Å². The number of rotatable bonds is 4. The molecule has 1 aliphatic heterocycles. The largest absolute Gasteiger partial charge is 0.311 e. The van der Waals surface area contributed by atoms with Gasteiger partial charge in [0, 0.05) is 38.4 Å². The smallest absolute Gasteiger partial charge is 0.125 e. The fourth-order valence-electron chi connectivity index (χ4n) is 2.47. The minimum Gasteiger partial charge on any atom is -0.311 e. The molecule has 0 aliphatic carbocycles. The van der Waals surface area contributed by atoms with Crippen molar-refractivity contribution in [2.45, 2.75) is 39.8 Å². The zero-order valence-electron chi connectivity index (χ0n) is 11.7. The summed E-state index contributed by atoms with van der Waals surface area (Å²) in [5, 5.41) is 3.62. The van der Waals surface area contributed by atoms with Crippen LogP contribution in [0.4, 0.5) is 0 Å². The minimum absolute atomic E-state index is 0.617. The molecule has 0 saturated carbocycles. The summed E-state index contributed by atoms with van der Waals surface area (Å²) in [6, 6.07) is 2.64. The monoisotopic (exact) mass is 248 g/mol. The number of hydrogen-bond acceptors (Lipinski definition) is 4. The first-order chi connectivity index (χ1) is 8.69. The molecule has 0 radical (unpaired) electrons. The topological polar surface area (TPSA) is 41.1 Å². The van der Waals surface area contributed by atoms with Crippen molar-refractivity contribution in [3.8, 4) is 0 Å². The van der Waals surface area contributed by atoms with E-state index in [0.717, 1.165) is 43.6 Å². The molecule has 1 saturated heterocycles. The zero-order chi connectivity index (χ0) is 13.0. The first-order valence-corrected chi connectivity index (χ1v) is 6.93. The molecule has 100 valence electrons. The van der Waals surface area contributed by atoms with Gasteiger partial charge in [-0.2, -0.15) is 0 Å². The summed E-state index contributed by atoms with van der Waals surface area (Å²) < 4.78 is 0. The Balaban J connectivity index is 1.93. The summed E-state index contributed by atoms with van der Waals surface area (Å²) in [6.45, 7) is 10.8. The van der Waals surface area contributed by atoms with Crippen LogP contribution < -0.4 is 5.32 Å². The Morgan fingerprint density at radius 1 is 1.56 bits per heavy atom. The second-order valence-corrected chi connectivity index (χ2v) is 5.28. The number of nitrogens with zero attached hydrogens (tertiary/aromatic N) is 3. The summed E-state index contributed by atoms with van der Waals surface area (Å²) in [4.78, 5) is 11.1. The van der Waals surface area contributed by atoms with E-state index < -0.39 is 0 Å². The van der Waals surface area contributed by atoms with Crippen LogP contribution in [-0.2, 0) is 6.54 Å². The highest BCUT2D eigenvalue weighted by molar-refractivity contribution is 5.02. The van der Waals surface area contributed by atoms with Crippen LogP contribution in [0.1, 0.15) is 31.8 Å². The van der Waals surface area contributed by atoms with Gasteiger partial charge >= 0.3 is 0 Å². The van der Waals surface area contributed by atoms with Gasteiger partial charge in [-0.25, -0.2) is 9.97 Å². The van der Waals surface area contributed by atoms with Crippen molar-refractivity contribution >= 4 is 0 Å². The first-order valence-electron chi connectivity index (χ1n) is 6.93. The lowest BCUT2D eigenvalue weighted by Gasteiger charge is -2.36. The highest BCUT2D eigenvalue weighted by Gasteiger charge is 2.23. The lowest BCUT2D eigenvalue weighted by atomic mass is 9.97. The van der Waals surface area contributed by atoms with Gasteiger partial charge in [-0.15, -0.1) is 0 Å². The van der Waals surface area contributed by atoms with Crippen LogP contribution in [0.25, 0.3) is 0 Å². The van der Waals surface area contributed by atoms with Crippen molar-refractivity contribution in [2.24, 2.45) is 5.92 Å². The van der Waals surface area contributed by atoms with Gasteiger partial charge in [0.05, 0.1) is 5.69 Å². The van der Waals surface area contributed by atoms with E-state index >= 15 is 0 Å². The summed E-state index contributed by atoms with van der Waals surface area (Å²) in [6.07, 6.45) is 3.09. The van der Waals surface area contributed by atoms with Crippen LogP contribution >= 0.6 is 0 Å². The molecule has 4 heteroatoms. The molecule has 1 aliphatic rings. The van der Waals surface area contributed by atoms with Crippen molar-refractivity contribution in [1.82, 2.24) is 20.2 Å². The lowest BCUT2D eigenvalue weighted by Crippen LogP contribution is -2.52. The molecule has 1 N–H and O–H groups in total. The first kappa shape index (κ1) is 13.4. The Hall–Kier alpha value is -1.00. The van der Waals surface area contributed by atoms with Gasteiger partial charge in [-0.05, 0) is 18.9 Å². The summed E-state index contributed by atoms with van der Waals surface area (Å²) >= 11 is 0. The molecule has 2 atom stereocenters. The standard InChI is InChI=1S/C14H24N4/c1-4-11(2)14-10-18(8-7-16-14)9-13-5-6-15-12(3)17-13/h5-6,11,14,16H,4,7-10H2,1-3H3. The van der Waals surface area contributed by atoms with Crippen LogP contribution in [0.2, 0.25) is 0 Å². The van der Waals surface area contributed by atoms with Crippen molar-refractivity contribution < 1.29 is 0 Å². The molecule has 2 unspecified atom stereocenters. The Bertz CT molecular complexity index is 380. The van der Waals surface area contributed by atoms with Gasteiger partial charge in [0.1, 0.15) is 5.82 Å². The van der Waals surface area contributed by atoms with Crippen molar-refractivity contribution in [1.29, 1.82) is 0 Å². The molecule has 2 heterocycles. The predicted molar refractivity (Wildman–Crippen MR) is 73.3 cm³/mol. The van der Waals surface area contributed by atoms with E-state index in [-0.39, 0.29) is 0 Å². The third-order valence-corrected chi connectivity index (χ3v) is 3.84. The number of piperazine rings is 1. The van der Waals surface area contributed by atoms with E-state index in [4.69, 9.17) is 0 Å². The molecule has 0 amide bonds. The fraction of sp³-hybridized carbons (Fsp3) is 0.714. The van der Waals surface area contributed by atoms with Crippen molar-refractivity contribution in [3.05, 3.63) is 23.8 Å². The van der Waals surface area contributed by atoms with Crippen molar-refractivity contribution in [2.75, 3.05) is 19.6 Å². The average Bonchev–Trinajstić information content (AvgIpc) is 2.38. The Morgan fingerprint density at radius 2 is 2.39 bits per heavy atom. The maximum absolute atomic E-state index is 4.48. The molecule has 1 aromatic rings. The molecule has 2 rings (SSSR count). The zero-order valence-corrected chi connectivity index (χ0v) is 11.7. The normalized spacial score (nSPS) is 22.9. The molecule has 1 fully saturated rings. The van der Waals surface area contributed by atoms with Crippen molar-refractivity contribution in [3.63, 3.8) is 0 Å². The van der Waals surface area contributed by atoms with Crippen LogP contribution in [0.5, 0.6) is 0 Å². The van der Waals surface area contributed by atoms with E-state index in [1.54, 1.807) is 0 Å². The predicted octanol–water partition coefficient (Wildman–Crippen LogP) is 1.60. The van der Waals surface area contributed by atoms with E-state index in [2.05, 4.69) is 34.0 Å². The number of aromatic nitrogens is 2. The third-order valence-electron chi connectivity index (χ3n) is 3.84. The van der Waals surface area contributed by atoms with Crippen LogP contribution in [0.15, 0.2) is 12.3 Å². The van der Waals surface area contributed by atoms with E-state index in [9.17, 15) is 0 Å². The van der Waals surface area contributed by atoms with Gasteiger partial charge in [0.15, 0.2) is 0 Å². The molecule has 1 aromatic heterocycles. The molecule has 0 bridgehead atoms. The maximum atomic E-state index is 4.48. The number of nitrogens with one attached hydrogen (secondary N) is 1. The van der Waals surface area contributed by atoms with Gasteiger partial charge < -0.3 is 5.32 Å². The average molecular weight is 248 g/mol. The van der Waals surface area contributed by atoms with Crippen LogP contribution in [0, 0.1) is 12.8 Å². The van der Waals surface area contributed by atoms with E-state index in [1.807, 2.05) is 19.2 Å². The Morgan fingerprint density at radius 3 is 3.11 bits per heavy atom. The third kappa shape index (κ3) is 3.50. The van der Waals surface area contributed by atoms with Gasteiger partial charge in [-0.1, -0.05) is 20.3 Å². The molecular formula is C14H24N4. The van der Waals surface area contributed by atoms with Crippen LogP contribution in [-0.4, -0.2) is 40.5 Å². The molecule has 4 nitrogen and oxygen atoms in total. The number of aryl methyl sites for hydroxylation is 1. The molecule has 0 spiro atoms. The molecule has 0 aromatic carbocycles. The van der Waals surface area contributed by atoms with Gasteiger partial charge in [0.25, 0.3) is 0 Å². The Kier molecular flexibility index (Phi) is 4.66. The minimum atomic E-state index is 0.617. The van der Waals surface area contributed by atoms with Crippen LogP contribution in [0.3, 0.4) is 0 Å². The second-order valence-electron chi connectivity index (χ2n) is 5.28. The van der Waals surface area contributed by atoms with E-state index in [0.29, 0.717) is 6.04 Å². The summed E-state index contributed by atoms with van der Waals surface area (Å²) in [7, 11) is 0. The van der Waals surface area contributed by atoms with Gasteiger partial charge in [-0.3, -0.25) is 4.90 Å². The summed E-state index contributed by atoms with van der Waals surface area (Å²) in [5.74, 6) is 1.60. The highest BCUT2D eigenvalue weighted by atomic mass is 15.2. The number of hydrogen-bond donors (Lipinski definition) is 1. The SMILES string of the molecule is CCC(C)C1CN(Cc2ccnc(C)n2)CCN1. The highest BCUT2D eigenvalue weighted by Crippen LogP contribution is 2.13. The van der Waals surface area contributed by atoms with E-state index in [1.165, 1.54) is 6.42 Å². The quantitative estimate of drug-likeness (QED) is 0.879. The molecule has 18 heavy (non-hydrogen) atoms. The Labute approximate surface area is 110 Å². The maximum Gasteiger partial charge on any atom is 0.125 e. The lowest BCUT2D eigenvalue weighted by molar-refractivity contribution is 0.160. The second kappa shape index (κ2) is 6.25. The fourth-order valence-corrected chi connectivity index (χ4v) is 2.47. The molecular weight excluding hydrogens is 224 g/mol.